The van der Waals surface area contributed by atoms with Gasteiger partial charge < -0.3 is 0 Å². The zero-order valence-corrected chi connectivity index (χ0v) is 6.97. The smallest absolute Gasteiger partial charge is 0.0234 e. The van der Waals surface area contributed by atoms with E-state index in [1.54, 1.807) is 0 Å². The van der Waals surface area contributed by atoms with Crippen molar-refractivity contribution in [1.29, 1.82) is 0 Å². The van der Waals surface area contributed by atoms with Crippen LogP contribution in [0, 0.1) is 11.8 Å². The largest absolute Gasteiger partial charge is 0.103 e. The third-order valence-electron chi connectivity index (χ3n) is 2.73. The first-order chi connectivity index (χ1) is 4.86. The highest BCUT2D eigenvalue weighted by atomic mass is 14.2. The lowest BCUT2D eigenvalue weighted by Crippen LogP contribution is -2.12. The minimum Gasteiger partial charge on any atom is -0.103 e. The van der Waals surface area contributed by atoms with Gasteiger partial charge in [0.1, 0.15) is 0 Å². The van der Waals surface area contributed by atoms with Crippen molar-refractivity contribution in [2.75, 3.05) is 0 Å². The molecule has 2 atom stereocenters. The molecule has 10 heavy (non-hydrogen) atoms. The molecule has 1 aliphatic carbocycles. The minimum atomic E-state index is 0.832. The van der Waals surface area contributed by atoms with Crippen LogP contribution in [0.2, 0.25) is 0 Å². The van der Waals surface area contributed by atoms with E-state index in [4.69, 9.17) is 0 Å². The summed E-state index contributed by atoms with van der Waals surface area (Å²) >= 11 is 0. The lowest BCUT2D eigenvalue weighted by Gasteiger charge is -2.25. The molecule has 0 bridgehead atoms. The van der Waals surface area contributed by atoms with Crippen LogP contribution >= 0.6 is 0 Å². The van der Waals surface area contributed by atoms with Gasteiger partial charge in [-0.1, -0.05) is 32.3 Å². The fraction of sp³-hybridized carbons (Fsp3) is 0.800. The Kier molecular flexibility index (Phi) is 2.98. The Bertz CT molecular complexity index is 105. The van der Waals surface area contributed by atoms with Crippen LogP contribution < -0.4 is 0 Å². The summed E-state index contributed by atoms with van der Waals surface area (Å²) in [7, 11) is 0. The quantitative estimate of drug-likeness (QED) is 0.513. The second-order valence-corrected chi connectivity index (χ2v) is 3.44. The van der Waals surface area contributed by atoms with Crippen LogP contribution in [0.5, 0.6) is 0 Å². The normalized spacial score (nSPS) is 33.7. The van der Waals surface area contributed by atoms with Crippen molar-refractivity contribution < 1.29 is 0 Å². The standard InChI is InChI=1S/C10H18/c1-3-9-6-5-7-10(4-2)8-9/h3,9-10H,1,4-8H2,2H3/t9?,10-/m0/s1. The molecule has 0 aromatic carbocycles. The molecule has 1 unspecified atom stereocenters. The van der Waals surface area contributed by atoms with Gasteiger partial charge in [0.05, 0.1) is 0 Å². The SMILES string of the molecule is C=CC1CCC[C@H](CC)C1. The van der Waals surface area contributed by atoms with Crippen LogP contribution in [0.3, 0.4) is 0 Å². The van der Waals surface area contributed by atoms with Crippen molar-refractivity contribution in [3.63, 3.8) is 0 Å². The molecule has 0 nitrogen and oxygen atoms in total. The predicted octanol–water partition coefficient (Wildman–Crippen LogP) is 3.39. The molecule has 1 rings (SSSR count). The first kappa shape index (κ1) is 7.84. The van der Waals surface area contributed by atoms with Crippen LogP contribution in [-0.4, -0.2) is 0 Å². The van der Waals surface area contributed by atoms with Gasteiger partial charge in [-0.3, -0.25) is 0 Å². The molecule has 0 N–H and O–H groups in total. The second kappa shape index (κ2) is 3.80. The third kappa shape index (κ3) is 1.86. The van der Waals surface area contributed by atoms with Crippen LogP contribution in [0.25, 0.3) is 0 Å². The average molecular weight is 138 g/mol. The summed E-state index contributed by atoms with van der Waals surface area (Å²) in [6, 6.07) is 0. The van der Waals surface area contributed by atoms with E-state index < -0.39 is 0 Å². The van der Waals surface area contributed by atoms with Crippen molar-refractivity contribution >= 4 is 0 Å². The van der Waals surface area contributed by atoms with Gasteiger partial charge in [0.15, 0.2) is 0 Å². The van der Waals surface area contributed by atoms with Crippen molar-refractivity contribution in [2.24, 2.45) is 11.8 Å². The zero-order chi connectivity index (χ0) is 7.40. The molecule has 1 saturated carbocycles. The molecule has 0 heteroatoms. The van der Waals surface area contributed by atoms with Crippen LogP contribution in [0.1, 0.15) is 39.0 Å². The van der Waals surface area contributed by atoms with Crippen molar-refractivity contribution in [3.05, 3.63) is 12.7 Å². The van der Waals surface area contributed by atoms with Gasteiger partial charge in [0, 0.05) is 0 Å². The molecule has 0 saturated heterocycles. The summed E-state index contributed by atoms with van der Waals surface area (Å²) in [4.78, 5) is 0. The molecule has 0 aliphatic heterocycles. The Hall–Kier alpha value is -0.260. The number of allylic oxidation sites excluding steroid dienone is 1. The number of rotatable bonds is 2. The fourth-order valence-electron chi connectivity index (χ4n) is 1.92. The maximum Gasteiger partial charge on any atom is -0.0234 e. The van der Waals surface area contributed by atoms with Gasteiger partial charge in [-0.2, -0.15) is 0 Å². The maximum absolute atomic E-state index is 3.85. The highest BCUT2D eigenvalue weighted by molar-refractivity contribution is 4.84. The van der Waals surface area contributed by atoms with E-state index in [0.717, 1.165) is 11.8 Å². The van der Waals surface area contributed by atoms with Crippen LogP contribution in [-0.2, 0) is 0 Å². The van der Waals surface area contributed by atoms with Crippen LogP contribution in [0.4, 0.5) is 0 Å². The summed E-state index contributed by atoms with van der Waals surface area (Å²) in [5.74, 6) is 1.83. The Labute approximate surface area is 64.3 Å². The fourth-order valence-corrected chi connectivity index (χ4v) is 1.92. The molecule has 0 aromatic heterocycles. The molecular formula is C10H18. The zero-order valence-electron chi connectivity index (χ0n) is 6.97. The van der Waals surface area contributed by atoms with Crippen LogP contribution in [0.15, 0.2) is 12.7 Å². The number of hydrogen-bond acceptors (Lipinski definition) is 0. The first-order valence-electron chi connectivity index (χ1n) is 4.49. The molecule has 0 aromatic rings. The molecule has 1 aliphatic rings. The molecule has 0 amide bonds. The Morgan fingerprint density at radius 2 is 2.30 bits per heavy atom. The lowest BCUT2D eigenvalue weighted by atomic mass is 9.80. The Balaban J connectivity index is 2.31. The third-order valence-corrected chi connectivity index (χ3v) is 2.73. The average Bonchev–Trinajstić information content (AvgIpc) is 2.05. The topological polar surface area (TPSA) is 0 Å². The van der Waals surface area contributed by atoms with E-state index >= 15 is 0 Å². The van der Waals surface area contributed by atoms with E-state index in [1.165, 1.54) is 32.1 Å². The van der Waals surface area contributed by atoms with Gasteiger partial charge in [-0.25, -0.2) is 0 Å². The minimum absolute atomic E-state index is 0.832. The van der Waals surface area contributed by atoms with Gasteiger partial charge >= 0.3 is 0 Å². The van der Waals surface area contributed by atoms with Crippen molar-refractivity contribution in [1.82, 2.24) is 0 Å². The predicted molar refractivity (Wildman–Crippen MR) is 45.9 cm³/mol. The second-order valence-electron chi connectivity index (χ2n) is 3.44. The monoisotopic (exact) mass is 138 g/mol. The van der Waals surface area contributed by atoms with Gasteiger partial charge in [-0.15, -0.1) is 6.58 Å². The van der Waals surface area contributed by atoms with Gasteiger partial charge in [0.25, 0.3) is 0 Å². The first-order valence-corrected chi connectivity index (χ1v) is 4.49. The van der Waals surface area contributed by atoms with Gasteiger partial charge in [0.2, 0.25) is 0 Å². The highest BCUT2D eigenvalue weighted by Crippen LogP contribution is 2.31. The Morgan fingerprint density at radius 1 is 1.50 bits per heavy atom. The summed E-state index contributed by atoms with van der Waals surface area (Å²) in [6.45, 7) is 6.15. The molecule has 1 fully saturated rings. The van der Waals surface area contributed by atoms with Gasteiger partial charge in [-0.05, 0) is 24.7 Å². The highest BCUT2D eigenvalue weighted by Gasteiger charge is 2.17. The molecule has 58 valence electrons. The summed E-state index contributed by atoms with van der Waals surface area (Å²) in [5, 5.41) is 0. The lowest BCUT2D eigenvalue weighted by molar-refractivity contribution is 0.298. The summed E-state index contributed by atoms with van der Waals surface area (Å²) < 4.78 is 0. The molecular weight excluding hydrogens is 120 g/mol. The van der Waals surface area contributed by atoms with E-state index in [-0.39, 0.29) is 0 Å². The van der Waals surface area contributed by atoms with E-state index in [2.05, 4.69) is 19.6 Å². The molecule has 0 radical (unpaired) electrons. The number of hydrogen-bond donors (Lipinski definition) is 0. The van der Waals surface area contributed by atoms with Crippen molar-refractivity contribution in [3.8, 4) is 0 Å². The van der Waals surface area contributed by atoms with E-state index in [0.29, 0.717) is 0 Å². The Morgan fingerprint density at radius 3 is 2.90 bits per heavy atom. The summed E-state index contributed by atoms with van der Waals surface area (Å²) in [6.07, 6.45) is 9.18. The van der Waals surface area contributed by atoms with E-state index in [1.807, 2.05) is 0 Å². The molecule has 0 spiro atoms. The van der Waals surface area contributed by atoms with E-state index in [9.17, 15) is 0 Å². The summed E-state index contributed by atoms with van der Waals surface area (Å²) in [5.41, 5.74) is 0. The maximum atomic E-state index is 3.85. The van der Waals surface area contributed by atoms with Crippen molar-refractivity contribution in [2.45, 2.75) is 39.0 Å². The molecule has 0 heterocycles.